The molecule has 0 aromatic rings. The highest BCUT2D eigenvalue weighted by Gasteiger charge is 2.43. The highest BCUT2D eigenvalue weighted by molar-refractivity contribution is 5.01. The first-order valence-corrected chi connectivity index (χ1v) is 4.16. The van der Waals surface area contributed by atoms with E-state index >= 15 is 0 Å². The van der Waals surface area contributed by atoms with Gasteiger partial charge in [-0.3, -0.25) is 4.90 Å². The molecule has 3 nitrogen and oxygen atoms in total. The van der Waals surface area contributed by atoms with E-state index in [1.54, 1.807) is 0 Å². The number of piperidine rings is 2. The third kappa shape index (κ3) is 1.03. The van der Waals surface area contributed by atoms with Crippen molar-refractivity contribution in [1.82, 2.24) is 4.90 Å². The van der Waals surface area contributed by atoms with Crippen LogP contribution in [0, 0.1) is 23.2 Å². The van der Waals surface area contributed by atoms with Crippen LogP contribution in [0.3, 0.4) is 0 Å². The minimum Gasteiger partial charge on any atom is -0.327 e. The van der Waals surface area contributed by atoms with Gasteiger partial charge in [0.1, 0.15) is 0 Å². The highest BCUT2D eigenvalue weighted by Crippen LogP contribution is 2.38. The lowest BCUT2D eigenvalue weighted by atomic mass is 9.67. The molecule has 2 bridgehead atoms. The Hall–Kier alpha value is -0.590. The number of nitriles is 1. The van der Waals surface area contributed by atoms with Gasteiger partial charge in [0.15, 0.2) is 0 Å². The second kappa shape index (κ2) is 2.47. The van der Waals surface area contributed by atoms with Gasteiger partial charge in [0.2, 0.25) is 0 Å². The fraction of sp³-hybridized carbons (Fsp3) is 0.875. The lowest BCUT2D eigenvalue weighted by Crippen LogP contribution is -2.61. The van der Waals surface area contributed by atoms with Gasteiger partial charge in [-0.1, -0.05) is 0 Å². The van der Waals surface area contributed by atoms with Crippen molar-refractivity contribution >= 4 is 0 Å². The lowest BCUT2D eigenvalue weighted by molar-refractivity contribution is 0.00992. The Morgan fingerprint density at radius 2 is 2.09 bits per heavy atom. The summed E-state index contributed by atoms with van der Waals surface area (Å²) in [4.78, 5) is 2.21. The van der Waals surface area contributed by atoms with Gasteiger partial charge < -0.3 is 5.73 Å². The number of fused-ring (bicyclic) bond motifs is 2. The fourth-order valence-electron chi connectivity index (χ4n) is 2.25. The zero-order valence-electron chi connectivity index (χ0n) is 6.53. The van der Waals surface area contributed by atoms with Crippen LogP contribution < -0.4 is 5.73 Å². The molecule has 2 saturated heterocycles. The summed E-state index contributed by atoms with van der Waals surface area (Å²) in [6.45, 7) is 2.68. The summed E-state index contributed by atoms with van der Waals surface area (Å²) in [6.07, 6.45) is 1.29. The molecule has 1 aliphatic carbocycles. The average molecular weight is 151 g/mol. The third-order valence-electron chi connectivity index (χ3n) is 2.97. The Labute approximate surface area is 66.8 Å². The van der Waals surface area contributed by atoms with Crippen LogP contribution in [0.2, 0.25) is 0 Å². The zero-order valence-corrected chi connectivity index (χ0v) is 6.53. The maximum absolute atomic E-state index is 8.46. The summed E-state index contributed by atoms with van der Waals surface area (Å²) in [5.41, 5.74) is 5.88. The van der Waals surface area contributed by atoms with E-state index in [2.05, 4.69) is 11.0 Å². The molecule has 2 N–H and O–H groups in total. The van der Waals surface area contributed by atoms with Crippen molar-refractivity contribution < 1.29 is 0 Å². The van der Waals surface area contributed by atoms with Gasteiger partial charge in [0.25, 0.3) is 0 Å². The summed E-state index contributed by atoms with van der Waals surface area (Å²) in [6, 6.07) is 2.61. The van der Waals surface area contributed by atoms with Crippen molar-refractivity contribution in [2.75, 3.05) is 19.6 Å². The zero-order chi connectivity index (χ0) is 7.84. The van der Waals surface area contributed by atoms with E-state index in [0.717, 1.165) is 13.1 Å². The Bertz CT molecular complexity index is 184. The van der Waals surface area contributed by atoms with Crippen LogP contribution in [-0.4, -0.2) is 30.6 Å². The smallest absolute Gasteiger partial charge is 0.0866 e. The molecule has 1 saturated carbocycles. The van der Waals surface area contributed by atoms with Crippen LogP contribution in [0.5, 0.6) is 0 Å². The standard InChI is InChI=1S/C8H13N3/c9-1-2-11-4-6-3-7(5-11)8(6)10/h6-8H,2-5,10H2. The molecule has 3 fully saturated rings. The molecule has 60 valence electrons. The summed E-state index contributed by atoms with van der Waals surface area (Å²) < 4.78 is 0. The Balaban J connectivity index is 1.90. The topological polar surface area (TPSA) is 53.0 Å². The molecule has 0 aromatic heterocycles. The number of nitrogens with zero attached hydrogens (tertiary/aromatic N) is 2. The SMILES string of the molecule is N#CCN1CC2CC(C1)C2N. The van der Waals surface area contributed by atoms with Crippen LogP contribution in [0.15, 0.2) is 0 Å². The molecule has 3 aliphatic rings. The van der Waals surface area contributed by atoms with Crippen LogP contribution in [-0.2, 0) is 0 Å². The minimum atomic E-state index is 0.435. The minimum absolute atomic E-state index is 0.435. The molecule has 0 aromatic carbocycles. The van der Waals surface area contributed by atoms with Gasteiger partial charge in [-0.15, -0.1) is 0 Å². The van der Waals surface area contributed by atoms with E-state index in [1.165, 1.54) is 6.42 Å². The molecule has 3 rings (SSSR count). The predicted molar refractivity (Wildman–Crippen MR) is 41.6 cm³/mol. The first-order chi connectivity index (χ1) is 5.31. The van der Waals surface area contributed by atoms with Crippen LogP contribution in [0.4, 0.5) is 0 Å². The molecule has 0 radical (unpaired) electrons. The predicted octanol–water partition coefficient (Wildman–Crippen LogP) is -0.211. The van der Waals surface area contributed by atoms with Gasteiger partial charge in [0, 0.05) is 19.1 Å². The second-order valence-corrected chi connectivity index (χ2v) is 3.69. The van der Waals surface area contributed by atoms with E-state index in [0.29, 0.717) is 24.4 Å². The monoisotopic (exact) mass is 151 g/mol. The van der Waals surface area contributed by atoms with Crippen molar-refractivity contribution in [3.05, 3.63) is 0 Å². The first kappa shape index (κ1) is 7.08. The van der Waals surface area contributed by atoms with Gasteiger partial charge in [-0.05, 0) is 18.3 Å². The number of hydrogen-bond donors (Lipinski definition) is 1. The maximum atomic E-state index is 8.46. The molecular weight excluding hydrogens is 138 g/mol. The van der Waals surface area contributed by atoms with Crippen LogP contribution >= 0.6 is 0 Å². The fourth-order valence-corrected chi connectivity index (χ4v) is 2.25. The molecule has 0 spiro atoms. The van der Waals surface area contributed by atoms with Crippen LogP contribution in [0.1, 0.15) is 6.42 Å². The van der Waals surface area contributed by atoms with Gasteiger partial charge in [0.05, 0.1) is 12.6 Å². The normalized spacial score (nSPS) is 42.7. The second-order valence-electron chi connectivity index (χ2n) is 3.69. The third-order valence-corrected chi connectivity index (χ3v) is 2.97. The van der Waals surface area contributed by atoms with E-state index < -0.39 is 0 Å². The molecular formula is C8H13N3. The summed E-state index contributed by atoms with van der Waals surface area (Å²) in [7, 11) is 0. The summed E-state index contributed by atoms with van der Waals surface area (Å²) >= 11 is 0. The van der Waals surface area contributed by atoms with Crippen molar-refractivity contribution in [3.8, 4) is 6.07 Å². The van der Waals surface area contributed by atoms with Crippen molar-refractivity contribution in [3.63, 3.8) is 0 Å². The molecule has 2 heterocycles. The number of rotatable bonds is 1. The lowest BCUT2D eigenvalue weighted by Gasteiger charge is -2.51. The average Bonchev–Trinajstić information content (AvgIpc) is 2.05. The molecule has 0 amide bonds. The Morgan fingerprint density at radius 1 is 1.45 bits per heavy atom. The quantitative estimate of drug-likeness (QED) is 0.527. The first-order valence-electron chi connectivity index (χ1n) is 4.16. The molecule has 2 aliphatic heterocycles. The summed E-state index contributed by atoms with van der Waals surface area (Å²) in [5, 5.41) is 8.46. The largest absolute Gasteiger partial charge is 0.327 e. The Morgan fingerprint density at radius 3 is 2.55 bits per heavy atom. The van der Waals surface area contributed by atoms with E-state index in [1.807, 2.05) is 0 Å². The van der Waals surface area contributed by atoms with Crippen molar-refractivity contribution in [2.45, 2.75) is 12.5 Å². The van der Waals surface area contributed by atoms with Gasteiger partial charge in [-0.2, -0.15) is 5.26 Å². The maximum Gasteiger partial charge on any atom is 0.0866 e. The number of hydrogen-bond acceptors (Lipinski definition) is 3. The molecule has 11 heavy (non-hydrogen) atoms. The van der Waals surface area contributed by atoms with Crippen molar-refractivity contribution in [2.24, 2.45) is 17.6 Å². The van der Waals surface area contributed by atoms with Gasteiger partial charge >= 0.3 is 0 Å². The molecule has 2 unspecified atom stereocenters. The van der Waals surface area contributed by atoms with E-state index in [-0.39, 0.29) is 0 Å². The van der Waals surface area contributed by atoms with Crippen molar-refractivity contribution in [1.29, 1.82) is 5.26 Å². The highest BCUT2D eigenvalue weighted by atomic mass is 15.2. The van der Waals surface area contributed by atoms with Gasteiger partial charge in [-0.25, -0.2) is 0 Å². The molecule has 2 atom stereocenters. The van der Waals surface area contributed by atoms with E-state index in [9.17, 15) is 0 Å². The molecule has 3 heteroatoms. The Kier molecular flexibility index (Phi) is 1.59. The van der Waals surface area contributed by atoms with Crippen LogP contribution in [0.25, 0.3) is 0 Å². The number of nitrogens with two attached hydrogens (primary N) is 1. The van der Waals surface area contributed by atoms with E-state index in [4.69, 9.17) is 11.0 Å². The summed E-state index contributed by atoms with van der Waals surface area (Å²) in [5.74, 6) is 1.36.